The molecule has 0 fully saturated rings. The summed E-state index contributed by atoms with van der Waals surface area (Å²) in [6, 6.07) is 3.90. The Balaban J connectivity index is -0.000000563. The number of aryl methyl sites for hydroxylation is 2. The molecular weight excluding hydrogens is 298 g/mol. The Morgan fingerprint density at radius 2 is 1.62 bits per heavy atom. The van der Waals surface area contributed by atoms with Crippen molar-refractivity contribution in [3.8, 4) is 0 Å². The van der Waals surface area contributed by atoms with Crippen molar-refractivity contribution in [1.82, 2.24) is 0 Å². The van der Waals surface area contributed by atoms with Gasteiger partial charge in [-0.1, -0.05) is 0 Å². The summed E-state index contributed by atoms with van der Waals surface area (Å²) in [6.45, 7) is 3.94. The second kappa shape index (κ2) is 8.76. The number of hydrogen-bond donors (Lipinski definition) is 0. The Morgan fingerprint density at radius 1 is 1.12 bits per heavy atom. The molecule has 0 aliphatic heterocycles. The first kappa shape index (κ1) is 21.0. The maximum atomic E-state index is 8.68. The summed E-state index contributed by atoms with van der Waals surface area (Å²) in [5.41, 5.74) is 3.90. The largest absolute Gasteiger partial charge is 1.00 e. The number of diazo groups is 1. The summed E-state index contributed by atoms with van der Waals surface area (Å²) in [5, 5.41) is 8.68. The molecule has 0 aliphatic rings. The number of rotatable bonds is 1. The predicted octanol–water partition coefficient (Wildman–Crippen LogP) is 0.277. The maximum Gasteiger partial charge on any atom is 0.388 e. The van der Waals surface area contributed by atoms with Crippen LogP contribution in [0.5, 0.6) is 0 Å². The van der Waals surface area contributed by atoms with E-state index in [9.17, 15) is 0 Å². The summed E-state index contributed by atoms with van der Waals surface area (Å²) in [4.78, 5) is 5.26. The normalized spacial score (nSPS) is 7.69. The molecule has 0 heterocycles. The Labute approximate surface area is 122 Å². The average molecular weight is 314 g/mol. The van der Waals surface area contributed by atoms with E-state index in [-0.39, 0.29) is 44.3 Å². The third-order valence-electron chi connectivity index (χ3n) is 2.10. The number of anilines is 1. The van der Waals surface area contributed by atoms with Gasteiger partial charge in [0.2, 0.25) is 5.39 Å². The average Bonchev–Trinajstić information content (AvgIpc) is 2.07. The topological polar surface area (TPSA) is 31.4 Å². The van der Waals surface area contributed by atoms with Gasteiger partial charge in [0, 0.05) is 50.9 Å². The van der Waals surface area contributed by atoms with Gasteiger partial charge in [-0.15, -0.1) is 12.4 Å². The van der Waals surface area contributed by atoms with Crippen LogP contribution in [0.2, 0.25) is 0 Å². The van der Waals surface area contributed by atoms with Gasteiger partial charge in [0.25, 0.3) is 0 Å². The van der Waals surface area contributed by atoms with Crippen LogP contribution in [0.4, 0.5) is 11.4 Å². The fourth-order valence-electron chi connectivity index (χ4n) is 1.38. The molecule has 6 heteroatoms. The van der Waals surface area contributed by atoms with E-state index in [2.05, 4.69) is 4.98 Å². The number of nitrogens with zero attached hydrogens (tertiary/aromatic N) is 3. The van der Waals surface area contributed by atoms with Gasteiger partial charge in [0.15, 0.2) is 4.98 Å². The molecule has 0 radical (unpaired) electrons. The van der Waals surface area contributed by atoms with Crippen LogP contribution in [0.3, 0.4) is 0 Å². The van der Waals surface area contributed by atoms with E-state index in [0.29, 0.717) is 5.69 Å². The van der Waals surface area contributed by atoms with E-state index in [0.717, 1.165) is 16.8 Å². The van der Waals surface area contributed by atoms with Crippen LogP contribution in [0.25, 0.3) is 4.98 Å². The standard InChI is InChI=1S/C10H14N3.2ClH.Zn/c1-7-6-10(13(3)4)8(2)5-9(7)12-11;;;/h5-6H,1-4H3;2*1H;/q+1;;;/p-1. The van der Waals surface area contributed by atoms with E-state index in [1.165, 1.54) is 0 Å². The summed E-state index contributed by atoms with van der Waals surface area (Å²) in [5.74, 6) is 0. The molecule has 3 nitrogen and oxygen atoms in total. The van der Waals surface area contributed by atoms with Crippen molar-refractivity contribution in [3.63, 3.8) is 0 Å². The molecule has 0 amide bonds. The Bertz CT molecular complexity index is 375. The van der Waals surface area contributed by atoms with Crippen LogP contribution in [-0.2, 0) is 19.5 Å². The van der Waals surface area contributed by atoms with E-state index >= 15 is 0 Å². The first-order valence-corrected chi connectivity index (χ1v) is 4.20. The second-order valence-corrected chi connectivity index (χ2v) is 3.42. The minimum atomic E-state index is 0. The predicted molar refractivity (Wildman–Crippen MR) is 62.2 cm³/mol. The third kappa shape index (κ3) is 4.66. The van der Waals surface area contributed by atoms with E-state index in [1.54, 1.807) is 0 Å². The summed E-state index contributed by atoms with van der Waals surface area (Å²) in [7, 11) is 4.00. The number of hydrogen-bond acceptors (Lipinski definition) is 2. The van der Waals surface area contributed by atoms with Crippen LogP contribution >= 0.6 is 12.4 Å². The molecule has 0 aromatic heterocycles. The zero-order valence-corrected chi connectivity index (χ0v) is 14.5. The first-order chi connectivity index (χ1) is 6.06. The van der Waals surface area contributed by atoms with E-state index in [4.69, 9.17) is 5.39 Å². The minimum absolute atomic E-state index is 0. The molecule has 0 spiro atoms. The van der Waals surface area contributed by atoms with Crippen molar-refractivity contribution in [2.75, 3.05) is 19.0 Å². The summed E-state index contributed by atoms with van der Waals surface area (Å²) in [6.07, 6.45) is 0. The zero-order valence-electron chi connectivity index (χ0n) is 9.99. The minimum Gasteiger partial charge on any atom is -1.00 e. The van der Waals surface area contributed by atoms with Gasteiger partial charge >= 0.3 is 5.69 Å². The van der Waals surface area contributed by atoms with Crippen LogP contribution in [0, 0.1) is 19.2 Å². The van der Waals surface area contributed by atoms with Crippen molar-refractivity contribution >= 4 is 23.8 Å². The SMILES string of the molecule is Cc1cc(N(C)C)c(C)cc1[N+]#N.Cl.[Cl-].[Zn]. The van der Waals surface area contributed by atoms with Gasteiger partial charge in [-0.3, -0.25) is 0 Å². The van der Waals surface area contributed by atoms with Crippen molar-refractivity contribution in [1.29, 1.82) is 5.39 Å². The van der Waals surface area contributed by atoms with Crippen molar-refractivity contribution in [2.45, 2.75) is 13.8 Å². The molecule has 0 N–H and O–H groups in total. The fourth-order valence-corrected chi connectivity index (χ4v) is 1.38. The molecule has 16 heavy (non-hydrogen) atoms. The van der Waals surface area contributed by atoms with Crippen LogP contribution in [-0.4, -0.2) is 14.1 Å². The molecule has 0 saturated heterocycles. The van der Waals surface area contributed by atoms with Crippen LogP contribution < -0.4 is 17.3 Å². The Kier molecular flexibility index (Phi) is 11.5. The van der Waals surface area contributed by atoms with E-state index in [1.807, 2.05) is 45.0 Å². The molecule has 0 bridgehead atoms. The van der Waals surface area contributed by atoms with Crippen molar-refractivity contribution in [3.05, 3.63) is 28.2 Å². The maximum absolute atomic E-state index is 8.68. The molecule has 0 saturated carbocycles. The van der Waals surface area contributed by atoms with Gasteiger partial charge < -0.3 is 17.3 Å². The first-order valence-electron chi connectivity index (χ1n) is 4.20. The van der Waals surface area contributed by atoms with Gasteiger partial charge in [-0.2, -0.15) is 0 Å². The van der Waals surface area contributed by atoms with Gasteiger partial charge in [0.05, 0.1) is 0 Å². The van der Waals surface area contributed by atoms with E-state index < -0.39 is 0 Å². The molecule has 0 atom stereocenters. The zero-order chi connectivity index (χ0) is 10.0. The second-order valence-electron chi connectivity index (χ2n) is 3.42. The summed E-state index contributed by atoms with van der Waals surface area (Å²) < 4.78 is 0. The van der Waals surface area contributed by atoms with Crippen molar-refractivity contribution < 1.29 is 31.9 Å². The molecule has 1 aromatic carbocycles. The molecular formula is C10H15Cl2N3Zn. The molecule has 0 aliphatic carbocycles. The van der Waals surface area contributed by atoms with Gasteiger partial charge in [-0.25, -0.2) is 0 Å². The van der Waals surface area contributed by atoms with Gasteiger partial charge in [0.1, 0.15) is 0 Å². The molecule has 86 valence electrons. The van der Waals surface area contributed by atoms with Crippen LogP contribution in [0.15, 0.2) is 12.1 Å². The van der Waals surface area contributed by atoms with Crippen LogP contribution in [0.1, 0.15) is 11.1 Å². The molecule has 1 rings (SSSR count). The Hall–Kier alpha value is -0.357. The Morgan fingerprint density at radius 3 is 2.00 bits per heavy atom. The fraction of sp³-hybridized carbons (Fsp3) is 0.400. The molecule has 0 unspecified atom stereocenters. The van der Waals surface area contributed by atoms with Crippen molar-refractivity contribution in [2.24, 2.45) is 0 Å². The molecule has 1 aromatic rings. The van der Waals surface area contributed by atoms with Gasteiger partial charge in [-0.05, 0) is 25.5 Å². The quantitative estimate of drug-likeness (QED) is 0.551. The number of halogens is 2. The number of benzene rings is 1. The smallest absolute Gasteiger partial charge is 0.388 e. The third-order valence-corrected chi connectivity index (χ3v) is 2.10. The summed E-state index contributed by atoms with van der Waals surface area (Å²) >= 11 is 0. The monoisotopic (exact) mass is 311 g/mol.